The summed E-state index contributed by atoms with van der Waals surface area (Å²) in [6.45, 7) is 12.8. The highest BCUT2D eigenvalue weighted by Gasteiger charge is 2.20. The maximum absolute atomic E-state index is 5.46. The molecule has 112 valence electrons. The van der Waals surface area contributed by atoms with Crippen LogP contribution in [0.3, 0.4) is 0 Å². The van der Waals surface area contributed by atoms with E-state index in [1.165, 1.54) is 11.3 Å². The average Bonchev–Trinajstić information content (AvgIpc) is 2.48. The summed E-state index contributed by atoms with van der Waals surface area (Å²) >= 11 is 0. The third kappa shape index (κ3) is 4.22. The second kappa shape index (κ2) is 7.65. The first kappa shape index (κ1) is 15.3. The van der Waals surface area contributed by atoms with Crippen molar-refractivity contribution in [1.82, 2.24) is 4.90 Å². The van der Waals surface area contributed by atoms with Crippen LogP contribution in [0, 0.1) is 6.92 Å². The van der Waals surface area contributed by atoms with Gasteiger partial charge in [-0.3, -0.25) is 4.90 Å². The molecule has 3 heteroatoms. The monoisotopic (exact) mass is 276 g/mol. The van der Waals surface area contributed by atoms with E-state index in [-0.39, 0.29) is 0 Å². The van der Waals surface area contributed by atoms with Gasteiger partial charge >= 0.3 is 0 Å². The van der Waals surface area contributed by atoms with E-state index >= 15 is 0 Å². The normalized spacial score (nSPS) is 18.2. The SMILES string of the molecule is CCOCCC(C)N1CCN(c2ccc(C)cc2)CC1. The third-order valence-corrected chi connectivity index (χ3v) is 4.22. The molecule has 20 heavy (non-hydrogen) atoms. The molecule has 1 unspecified atom stereocenters. The fourth-order valence-corrected chi connectivity index (χ4v) is 2.76. The van der Waals surface area contributed by atoms with Gasteiger partial charge in [-0.15, -0.1) is 0 Å². The number of anilines is 1. The van der Waals surface area contributed by atoms with Gasteiger partial charge in [-0.2, -0.15) is 0 Å². The maximum Gasteiger partial charge on any atom is 0.0480 e. The lowest BCUT2D eigenvalue weighted by molar-refractivity contribution is 0.107. The van der Waals surface area contributed by atoms with Crippen molar-refractivity contribution in [3.63, 3.8) is 0 Å². The molecule has 1 atom stereocenters. The van der Waals surface area contributed by atoms with Crippen molar-refractivity contribution in [1.29, 1.82) is 0 Å². The van der Waals surface area contributed by atoms with Gasteiger partial charge in [0.15, 0.2) is 0 Å². The molecule has 1 heterocycles. The van der Waals surface area contributed by atoms with Crippen molar-refractivity contribution < 1.29 is 4.74 Å². The zero-order chi connectivity index (χ0) is 14.4. The largest absolute Gasteiger partial charge is 0.382 e. The van der Waals surface area contributed by atoms with Crippen LogP contribution in [0.2, 0.25) is 0 Å². The van der Waals surface area contributed by atoms with Crippen molar-refractivity contribution in [2.45, 2.75) is 33.2 Å². The van der Waals surface area contributed by atoms with E-state index < -0.39 is 0 Å². The zero-order valence-corrected chi connectivity index (χ0v) is 13.1. The van der Waals surface area contributed by atoms with Crippen molar-refractivity contribution in [2.24, 2.45) is 0 Å². The number of nitrogens with zero attached hydrogens (tertiary/aromatic N) is 2. The highest BCUT2D eigenvalue weighted by atomic mass is 16.5. The Morgan fingerprint density at radius 2 is 1.75 bits per heavy atom. The van der Waals surface area contributed by atoms with Crippen molar-refractivity contribution >= 4 is 5.69 Å². The number of hydrogen-bond donors (Lipinski definition) is 0. The summed E-state index contributed by atoms with van der Waals surface area (Å²) in [6.07, 6.45) is 1.14. The summed E-state index contributed by atoms with van der Waals surface area (Å²) in [6, 6.07) is 9.51. The van der Waals surface area contributed by atoms with Gasteiger partial charge in [-0.1, -0.05) is 17.7 Å². The molecule has 1 aromatic rings. The Morgan fingerprint density at radius 3 is 2.35 bits per heavy atom. The summed E-state index contributed by atoms with van der Waals surface area (Å²) in [5.74, 6) is 0. The summed E-state index contributed by atoms with van der Waals surface area (Å²) in [5.41, 5.74) is 2.69. The predicted octanol–water partition coefficient (Wildman–Crippen LogP) is 2.93. The summed E-state index contributed by atoms with van der Waals surface area (Å²) in [7, 11) is 0. The Kier molecular flexibility index (Phi) is 5.86. The van der Waals surface area contributed by atoms with Gasteiger partial charge in [0.05, 0.1) is 0 Å². The Morgan fingerprint density at radius 1 is 1.10 bits per heavy atom. The van der Waals surface area contributed by atoms with Crippen molar-refractivity contribution in [3.8, 4) is 0 Å². The Labute approximate surface area is 123 Å². The Hall–Kier alpha value is -1.06. The van der Waals surface area contributed by atoms with Gasteiger partial charge < -0.3 is 9.64 Å². The molecule has 1 fully saturated rings. The van der Waals surface area contributed by atoms with Crippen molar-refractivity contribution in [3.05, 3.63) is 29.8 Å². The van der Waals surface area contributed by atoms with Crippen LogP contribution < -0.4 is 4.90 Å². The fraction of sp³-hybridized carbons (Fsp3) is 0.647. The molecule has 0 N–H and O–H groups in total. The number of aryl methyl sites for hydroxylation is 1. The average molecular weight is 276 g/mol. The molecule has 1 saturated heterocycles. The lowest BCUT2D eigenvalue weighted by Gasteiger charge is -2.39. The highest BCUT2D eigenvalue weighted by molar-refractivity contribution is 5.47. The van der Waals surface area contributed by atoms with Crippen LogP contribution in [0.4, 0.5) is 5.69 Å². The number of ether oxygens (including phenoxy) is 1. The van der Waals surface area contributed by atoms with E-state index in [4.69, 9.17) is 4.74 Å². The van der Waals surface area contributed by atoms with Gasteiger partial charge in [-0.25, -0.2) is 0 Å². The standard InChI is InChI=1S/C17H28N2O/c1-4-20-14-9-16(3)18-10-12-19(13-11-18)17-7-5-15(2)6-8-17/h5-8,16H,4,9-14H2,1-3H3. The highest BCUT2D eigenvalue weighted by Crippen LogP contribution is 2.18. The van der Waals surface area contributed by atoms with Crippen LogP contribution in [-0.4, -0.2) is 50.3 Å². The summed E-state index contributed by atoms with van der Waals surface area (Å²) in [4.78, 5) is 5.08. The molecule has 3 nitrogen and oxygen atoms in total. The first-order chi connectivity index (χ1) is 9.70. The van der Waals surface area contributed by atoms with Crippen LogP contribution in [0.1, 0.15) is 25.8 Å². The predicted molar refractivity (Wildman–Crippen MR) is 85.5 cm³/mol. The molecule has 0 saturated carbocycles. The first-order valence-corrected chi connectivity index (χ1v) is 7.84. The fourth-order valence-electron chi connectivity index (χ4n) is 2.76. The summed E-state index contributed by atoms with van der Waals surface area (Å²) < 4.78 is 5.46. The van der Waals surface area contributed by atoms with Crippen LogP contribution >= 0.6 is 0 Å². The van der Waals surface area contributed by atoms with E-state index in [1.807, 2.05) is 0 Å². The molecular weight excluding hydrogens is 248 g/mol. The molecule has 0 amide bonds. The molecule has 0 spiro atoms. The Bertz CT molecular complexity index is 382. The van der Waals surface area contributed by atoms with E-state index in [2.05, 4.69) is 54.8 Å². The second-order valence-electron chi connectivity index (χ2n) is 5.69. The van der Waals surface area contributed by atoms with Crippen LogP contribution in [0.5, 0.6) is 0 Å². The first-order valence-electron chi connectivity index (χ1n) is 7.84. The minimum Gasteiger partial charge on any atom is -0.382 e. The smallest absolute Gasteiger partial charge is 0.0480 e. The number of piperazine rings is 1. The minimum atomic E-state index is 0.627. The van der Waals surface area contributed by atoms with E-state index in [1.54, 1.807) is 0 Å². The minimum absolute atomic E-state index is 0.627. The van der Waals surface area contributed by atoms with Gasteiger partial charge in [0, 0.05) is 51.1 Å². The molecule has 0 radical (unpaired) electrons. The molecule has 1 aromatic carbocycles. The molecular formula is C17H28N2O. The molecule has 1 aliphatic rings. The quantitative estimate of drug-likeness (QED) is 0.743. The van der Waals surface area contributed by atoms with Gasteiger partial charge in [0.25, 0.3) is 0 Å². The van der Waals surface area contributed by atoms with Crippen LogP contribution in [0.15, 0.2) is 24.3 Å². The van der Waals surface area contributed by atoms with Gasteiger partial charge in [-0.05, 0) is 39.3 Å². The summed E-state index contributed by atoms with van der Waals surface area (Å²) in [5, 5.41) is 0. The molecule has 0 aliphatic carbocycles. The lowest BCUT2D eigenvalue weighted by Crippen LogP contribution is -2.49. The van der Waals surface area contributed by atoms with E-state index in [9.17, 15) is 0 Å². The van der Waals surface area contributed by atoms with Gasteiger partial charge in [0.1, 0.15) is 0 Å². The topological polar surface area (TPSA) is 15.7 Å². The van der Waals surface area contributed by atoms with E-state index in [0.717, 1.165) is 45.8 Å². The van der Waals surface area contributed by atoms with Gasteiger partial charge in [0.2, 0.25) is 0 Å². The number of rotatable bonds is 6. The van der Waals surface area contributed by atoms with E-state index in [0.29, 0.717) is 6.04 Å². The van der Waals surface area contributed by atoms with Crippen LogP contribution in [-0.2, 0) is 4.74 Å². The third-order valence-electron chi connectivity index (χ3n) is 4.22. The Balaban J connectivity index is 1.78. The van der Waals surface area contributed by atoms with Crippen LogP contribution in [0.25, 0.3) is 0 Å². The zero-order valence-electron chi connectivity index (χ0n) is 13.1. The molecule has 0 bridgehead atoms. The number of benzene rings is 1. The second-order valence-corrected chi connectivity index (χ2v) is 5.69. The molecule has 0 aromatic heterocycles. The van der Waals surface area contributed by atoms with Crippen molar-refractivity contribution in [2.75, 3.05) is 44.3 Å². The molecule has 2 rings (SSSR count). The maximum atomic E-state index is 5.46. The number of hydrogen-bond acceptors (Lipinski definition) is 3. The lowest BCUT2D eigenvalue weighted by atomic mass is 10.1. The molecule has 1 aliphatic heterocycles.